The number of ether oxygens (including phenoxy) is 2. The summed E-state index contributed by atoms with van der Waals surface area (Å²) in [6.07, 6.45) is 0.451. The number of hydrogen-bond acceptors (Lipinski definition) is 6. The molecule has 0 unspecified atom stereocenters. The lowest BCUT2D eigenvalue weighted by Crippen LogP contribution is -2.31. The van der Waals surface area contributed by atoms with Crippen LogP contribution in [-0.4, -0.2) is 49.9 Å². The van der Waals surface area contributed by atoms with Gasteiger partial charge in [-0.25, -0.2) is 0 Å². The number of anilines is 2. The van der Waals surface area contributed by atoms with Crippen molar-refractivity contribution < 1.29 is 23.9 Å². The molecule has 1 aliphatic heterocycles. The lowest BCUT2D eigenvalue weighted by Gasteiger charge is -2.21. The van der Waals surface area contributed by atoms with Crippen molar-refractivity contribution in [2.24, 2.45) is 0 Å². The van der Waals surface area contributed by atoms with Gasteiger partial charge in [0.05, 0.1) is 36.2 Å². The third kappa shape index (κ3) is 4.30. The number of nitrogens with two attached hydrogens (primary N) is 1. The first-order valence-corrected chi connectivity index (χ1v) is 10.8. The fourth-order valence-electron chi connectivity index (χ4n) is 3.85. The number of imide groups is 1. The molecule has 0 fully saturated rings. The summed E-state index contributed by atoms with van der Waals surface area (Å²) in [7, 11) is 3.15. The van der Waals surface area contributed by atoms with Crippen molar-refractivity contribution in [3.05, 3.63) is 83.4 Å². The second kappa shape index (κ2) is 9.66. The van der Waals surface area contributed by atoms with E-state index in [4.69, 9.17) is 15.2 Å². The van der Waals surface area contributed by atoms with E-state index in [2.05, 4.69) is 0 Å². The summed E-state index contributed by atoms with van der Waals surface area (Å²) in [5.74, 6) is 0.121. The largest absolute Gasteiger partial charge is 0.495 e. The van der Waals surface area contributed by atoms with Crippen molar-refractivity contribution >= 4 is 29.1 Å². The number of fused-ring (bicyclic) bond motifs is 1. The van der Waals surface area contributed by atoms with Crippen LogP contribution in [0.4, 0.5) is 11.4 Å². The van der Waals surface area contributed by atoms with E-state index in [-0.39, 0.29) is 30.9 Å². The van der Waals surface area contributed by atoms with Gasteiger partial charge < -0.3 is 20.1 Å². The van der Waals surface area contributed by atoms with Gasteiger partial charge in [0.2, 0.25) is 0 Å². The molecule has 8 heteroatoms. The average Bonchev–Trinajstić information content (AvgIpc) is 3.11. The monoisotopic (exact) mass is 459 g/mol. The molecule has 0 aliphatic carbocycles. The molecule has 2 N–H and O–H groups in total. The van der Waals surface area contributed by atoms with Crippen LogP contribution in [0.3, 0.4) is 0 Å². The smallest absolute Gasteiger partial charge is 0.261 e. The molecule has 0 spiro atoms. The van der Waals surface area contributed by atoms with Crippen molar-refractivity contribution in [3.8, 4) is 11.5 Å². The molecule has 8 nitrogen and oxygen atoms in total. The Bertz CT molecular complexity index is 1220. The Morgan fingerprint density at radius 2 is 1.59 bits per heavy atom. The van der Waals surface area contributed by atoms with E-state index in [1.807, 2.05) is 12.1 Å². The van der Waals surface area contributed by atoms with Gasteiger partial charge in [-0.3, -0.25) is 19.3 Å². The molecule has 3 aromatic rings. The maximum Gasteiger partial charge on any atom is 0.261 e. The van der Waals surface area contributed by atoms with Crippen LogP contribution in [0.2, 0.25) is 0 Å². The summed E-state index contributed by atoms with van der Waals surface area (Å²) in [6, 6.07) is 18.8. The summed E-state index contributed by atoms with van der Waals surface area (Å²) >= 11 is 0. The van der Waals surface area contributed by atoms with Crippen LogP contribution in [0.5, 0.6) is 11.5 Å². The summed E-state index contributed by atoms with van der Waals surface area (Å²) in [4.78, 5) is 40.8. The van der Waals surface area contributed by atoms with Crippen LogP contribution in [0, 0.1) is 0 Å². The van der Waals surface area contributed by atoms with Crippen molar-refractivity contribution in [1.82, 2.24) is 4.90 Å². The Kier molecular flexibility index (Phi) is 6.49. The van der Waals surface area contributed by atoms with Crippen LogP contribution in [0.1, 0.15) is 37.5 Å². The number of nitrogens with zero attached hydrogens (tertiary/aromatic N) is 2. The lowest BCUT2D eigenvalue weighted by molar-refractivity contribution is 0.0646. The maximum atomic E-state index is 13.1. The second-order valence-corrected chi connectivity index (χ2v) is 7.80. The molecule has 0 aromatic heterocycles. The molecule has 1 aliphatic rings. The second-order valence-electron chi connectivity index (χ2n) is 7.80. The van der Waals surface area contributed by atoms with E-state index in [1.165, 1.54) is 16.9 Å². The predicted molar refractivity (Wildman–Crippen MR) is 129 cm³/mol. The summed E-state index contributed by atoms with van der Waals surface area (Å²) in [6.45, 7) is 0.511. The van der Waals surface area contributed by atoms with E-state index in [1.54, 1.807) is 61.6 Å². The molecule has 3 amide bonds. The summed E-state index contributed by atoms with van der Waals surface area (Å²) in [5, 5.41) is 0. The Hall–Kier alpha value is -4.33. The van der Waals surface area contributed by atoms with Gasteiger partial charge in [-0.15, -0.1) is 0 Å². The highest BCUT2D eigenvalue weighted by Gasteiger charge is 2.34. The van der Waals surface area contributed by atoms with Crippen molar-refractivity contribution in [3.63, 3.8) is 0 Å². The van der Waals surface area contributed by atoms with Gasteiger partial charge in [0.15, 0.2) is 0 Å². The first-order chi connectivity index (χ1) is 16.4. The Morgan fingerprint density at radius 3 is 2.26 bits per heavy atom. The van der Waals surface area contributed by atoms with Crippen LogP contribution < -0.4 is 20.1 Å². The first kappa shape index (κ1) is 22.8. The van der Waals surface area contributed by atoms with Gasteiger partial charge in [0.1, 0.15) is 11.5 Å². The highest BCUT2D eigenvalue weighted by molar-refractivity contribution is 6.21. The van der Waals surface area contributed by atoms with Gasteiger partial charge in [-0.05, 0) is 48.9 Å². The van der Waals surface area contributed by atoms with Gasteiger partial charge >= 0.3 is 0 Å². The van der Waals surface area contributed by atoms with E-state index in [0.29, 0.717) is 46.0 Å². The van der Waals surface area contributed by atoms with E-state index < -0.39 is 0 Å². The minimum Gasteiger partial charge on any atom is -0.495 e. The number of hydrogen-bond donors (Lipinski definition) is 1. The third-order valence-electron chi connectivity index (χ3n) is 5.67. The SMILES string of the molecule is COc1cc(C(=O)N(C)c2ccccc2OCCCN2C(=O)c3ccccc3C2=O)ccc1N. The third-order valence-corrected chi connectivity index (χ3v) is 5.67. The van der Waals surface area contributed by atoms with Crippen LogP contribution in [0.15, 0.2) is 66.7 Å². The van der Waals surface area contributed by atoms with Crippen LogP contribution >= 0.6 is 0 Å². The molecule has 0 bridgehead atoms. The first-order valence-electron chi connectivity index (χ1n) is 10.8. The van der Waals surface area contributed by atoms with Gasteiger partial charge in [0.25, 0.3) is 17.7 Å². The molecule has 0 saturated heterocycles. The fourth-order valence-corrected chi connectivity index (χ4v) is 3.85. The summed E-state index contributed by atoms with van der Waals surface area (Å²) < 4.78 is 11.1. The zero-order valence-corrected chi connectivity index (χ0v) is 19.0. The number of nitrogen functional groups attached to an aromatic ring is 1. The molecule has 174 valence electrons. The molecular formula is C26H25N3O5. The molecule has 3 aromatic carbocycles. The molecule has 0 saturated carbocycles. The van der Waals surface area contributed by atoms with Crippen molar-refractivity contribution in [2.45, 2.75) is 6.42 Å². The Balaban J connectivity index is 1.40. The molecule has 0 atom stereocenters. The maximum absolute atomic E-state index is 13.1. The standard InChI is InChI=1S/C26H25N3O5/c1-28(24(30)17-12-13-20(27)23(16-17)33-2)21-10-5-6-11-22(21)34-15-7-14-29-25(31)18-8-3-4-9-19(18)26(29)32/h3-6,8-13,16H,7,14-15,27H2,1-2H3. The van der Waals surface area contributed by atoms with E-state index in [0.717, 1.165) is 0 Å². The molecule has 1 heterocycles. The highest BCUT2D eigenvalue weighted by atomic mass is 16.5. The zero-order valence-electron chi connectivity index (χ0n) is 19.0. The number of carbonyl (C=O) groups is 3. The summed E-state index contributed by atoms with van der Waals surface area (Å²) in [5.41, 5.74) is 8.17. The topological polar surface area (TPSA) is 102 Å². The number of benzene rings is 3. The van der Waals surface area contributed by atoms with Gasteiger partial charge in [0, 0.05) is 19.2 Å². The molecule has 34 heavy (non-hydrogen) atoms. The van der Waals surface area contributed by atoms with Crippen LogP contribution in [-0.2, 0) is 0 Å². The number of amides is 3. The molecule has 0 radical (unpaired) electrons. The number of para-hydroxylation sites is 2. The lowest BCUT2D eigenvalue weighted by atomic mass is 10.1. The number of methoxy groups -OCH3 is 1. The quantitative estimate of drug-likeness (QED) is 0.314. The fraction of sp³-hybridized carbons (Fsp3) is 0.192. The highest BCUT2D eigenvalue weighted by Crippen LogP contribution is 2.30. The number of carbonyl (C=O) groups excluding carboxylic acids is 3. The Labute approximate surface area is 197 Å². The predicted octanol–water partition coefficient (Wildman–Crippen LogP) is 3.62. The van der Waals surface area contributed by atoms with Gasteiger partial charge in [-0.1, -0.05) is 24.3 Å². The van der Waals surface area contributed by atoms with Crippen molar-refractivity contribution in [1.29, 1.82) is 0 Å². The van der Waals surface area contributed by atoms with Crippen LogP contribution in [0.25, 0.3) is 0 Å². The van der Waals surface area contributed by atoms with Gasteiger partial charge in [-0.2, -0.15) is 0 Å². The minimum absolute atomic E-state index is 0.245. The Morgan fingerprint density at radius 1 is 0.941 bits per heavy atom. The molecule has 4 rings (SSSR count). The normalized spacial score (nSPS) is 12.5. The number of rotatable bonds is 8. The average molecular weight is 460 g/mol. The minimum atomic E-state index is -0.287. The van der Waals surface area contributed by atoms with E-state index >= 15 is 0 Å². The van der Waals surface area contributed by atoms with Crippen molar-refractivity contribution in [2.75, 3.05) is 37.9 Å². The molecular weight excluding hydrogens is 434 g/mol. The zero-order chi connectivity index (χ0) is 24.2. The van der Waals surface area contributed by atoms with E-state index in [9.17, 15) is 14.4 Å².